The first-order valence-electron chi connectivity index (χ1n) is 10.4. The molecule has 31 heavy (non-hydrogen) atoms. The highest BCUT2D eigenvalue weighted by Crippen LogP contribution is 2.29. The van der Waals surface area contributed by atoms with Gasteiger partial charge in [-0.3, -0.25) is 9.59 Å². The number of benzene rings is 2. The number of aryl methyl sites for hydroxylation is 2. The first-order valence-corrected chi connectivity index (χ1v) is 11.9. The van der Waals surface area contributed by atoms with Gasteiger partial charge in [-0.2, -0.15) is 4.72 Å². The Kier molecular flexibility index (Phi) is 6.81. The lowest BCUT2D eigenvalue weighted by molar-refractivity contribution is -0.118. The monoisotopic (exact) mass is 443 g/mol. The summed E-state index contributed by atoms with van der Waals surface area (Å²) in [6, 6.07) is 11.2. The van der Waals surface area contributed by atoms with Gasteiger partial charge in [0.1, 0.15) is 6.04 Å². The zero-order valence-electron chi connectivity index (χ0n) is 18.3. The molecule has 2 N–H and O–H groups in total. The summed E-state index contributed by atoms with van der Waals surface area (Å²) in [6.45, 7) is 7.59. The molecule has 2 amide bonds. The summed E-state index contributed by atoms with van der Waals surface area (Å²) in [5.41, 5.74) is 3.10. The van der Waals surface area contributed by atoms with Gasteiger partial charge in [0.05, 0.1) is 4.90 Å². The van der Waals surface area contributed by atoms with Crippen LogP contribution in [0.15, 0.2) is 47.4 Å². The van der Waals surface area contributed by atoms with E-state index in [1.807, 2.05) is 25.1 Å². The molecule has 0 bridgehead atoms. The Morgan fingerprint density at radius 3 is 2.45 bits per heavy atom. The van der Waals surface area contributed by atoms with Gasteiger partial charge in [-0.1, -0.05) is 32.0 Å². The lowest BCUT2D eigenvalue weighted by atomic mass is 10.0. The van der Waals surface area contributed by atoms with E-state index in [0.29, 0.717) is 18.7 Å². The lowest BCUT2D eigenvalue weighted by Gasteiger charge is -2.29. The predicted octanol–water partition coefficient (Wildman–Crippen LogP) is 3.24. The van der Waals surface area contributed by atoms with Gasteiger partial charge in [-0.05, 0) is 61.1 Å². The van der Waals surface area contributed by atoms with E-state index >= 15 is 0 Å². The lowest BCUT2D eigenvalue weighted by Crippen LogP contribution is -2.47. The van der Waals surface area contributed by atoms with Crippen molar-refractivity contribution in [2.24, 2.45) is 5.92 Å². The van der Waals surface area contributed by atoms with E-state index in [0.717, 1.165) is 23.2 Å². The Hall–Kier alpha value is -2.71. The molecule has 1 aliphatic rings. The van der Waals surface area contributed by atoms with Gasteiger partial charge in [0, 0.05) is 24.8 Å². The largest absolute Gasteiger partial charge is 0.324 e. The SMILES string of the molecule is CC(=O)N1CCCc2cc(S(=O)(=O)NC(C(=O)Nc3ccccc3C)C(C)C)ccc21. The van der Waals surface area contributed by atoms with Crippen LogP contribution < -0.4 is 14.9 Å². The number of carbonyl (C=O) groups excluding carboxylic acids is 2. The molecule has 1 unspecified atom stereocenters. The minimum absolute atomic E-state index is 0.0672. The molecule has 1 aliphatic heterocycles. The molecule has 0 spiro atoms. The Labute approximate surface area is 183 Å². The molecule has 0 radical (unpaired) electrons. The minimum Gasteiger partial charge on any atom is -0.324 e. The summed E-state index contributed by atoms with van der Waals surface area (Å²) < 4.78 is 28.8. The quantitative estimate of drug-likeness (QED) is 0.716. The van der Waals surface area contributed by atoms with Crippen molar-refractivity contribution in [1.82, 2.24) is 4.72 Å². The van der Waals surface area contributed by atoms with Crippen LogP contribution in [0.4, 0.5) is 11.4 Å². The number of rotatable bonds is 6. The first kappa shape index (κ1) is 23.0. The first-order chi connectivity index (χ1) is 14.6. The number of hydrogen-bond donors (Lipinski definition) is 2. The molecule has 3 rings (SSSR count). The summed E-state index contributed by atoms with van der Waals surface area (Å²) in [6.07, 6.45) is 1.47. The maximum atomic E-state index is 13.1. The van der Waals surface area contributed by atoms with Crippen LogP contribution in [-0.2, 0) is 26.0 Å². The van der Waals surface area contributed by atoms with Crippen LogP contribution in [0.1, 0.15) is 38.3 Å². The van der Waals surface area contributed by atoms with Crippen LogP contribution in [0.25, 0.3) is 0 Å². The number of nitrogens with one attached hydrogen (secondary N) is 2. The van der Waals surface area contributed by atoms with E-state index in [4.69, 9.17) is 0 Å². The molecule has 2 aromatic carbocycles. The molecule has 7 nitrogen and oxygen atoms in total. The Morgan fingerprint density at radius 2 is 1.81 bits per heavy atom. The molecule has 0 fully saturated rings. The number of carbonyl (C=O) groups is 2. The topological polar surface area (TPSA) is 95.6 Å². The molecule has 0 aromatic heterocycles. The highest BCUT2D eigenvalue weighted by atomic mass is 32.2. The molecule has 2 aromatic rings. The van der Waals surface area contributed by atoms with E-state index in [1.54, 1.807) is 36.9 Å². The van der Waals surface area contributed by atoms with E-state index < -0.39 is 22.0 Å². The van der Waals surface area contributed by atoms with Crippen LogP contribution in [0, 0.1) is 12.8 Å². The average Bonchev–Trinajstić information content (AvgIpc) is 2.72. The van der Waals surface area contributed by atoms with Crippen LogP contribution in [0.5, 0.6) is 0 Å². The van der Waals surface area contributed by atoms with Crippen molar-refractivity contribution in [3.63, 3.8) is 0 Å². The Morgan fingerprint density at radius 1 is 1.10 bits per heavy atom. The van der Waals surface area contributed by atoms with E-state index in [-0.39, 0.29) is 16.7 Å². The maximum absolute atomic E-state index is 13.1. The zero-order valence-corrected chi connectivity index (χ0v) is 19.1. The molecule has 0 aliphatic carbocycles. The molecule has 0 saturated heterocycles. The highest BCUT2D eigenvalue weighted by Gasteiger charge is 2.30. The molecular formula is C23H29N3O4S. The van der Waals surface area contributed by atoms with Crippen molar-refractivity contribution < 1.29 is 18.0 Å². The summed E-state index contributed by atoms with van der Waals surface area (Å²) >= 11 is 0. The predicted molar refractivity (Wildman–Crippen MR) is 122 cm³/mol. The van der Waals surface area contributed by atoms with Crippen molar-refractivity contribution in [2.75, 3.05) is 16.8 Å². The average molecular weight is 444 g/mol. The van der Waals surface area contributed by atoms with Crippen molar-refractivity contribution in [3.05, 3.63) is 53.6 Å². The van der Waals surface area contributed by atoms with Gasteiger partial charge in [0.2, 0.25) is 21.8 Å². The van der Waals surface area contributed by atoms with E-state index in [2.05, 4.69) is 10.0 Å². The zero-order chi connectivity index (χ0) is 22.8. The smallest absolute Gasteiger partial charge is 0.242 e. The van der Waals surface area contributed by atoms with Gasteiger partial charge in [0.25, 0.3) is 0 Å². The van der Waals surface area contributed by atoms with Crippen molar-refractivity contribution in [2.45, 2.75) is 51.5 Å². The van der Waals surface area contributed by atoms with Gasteiger partial charge >= 0.3 is 0 Å². The summed E-state index contributed by atoms with van der Waals surface area (Å²) in [4.78, 5) is 26.5. The normalized spacial score (nSPS) is 14.8. The second-order valence-electron chi connectivity index (χ2n) is 8.21. The molecule has 0 saturated carbocycles. The third-order valence-electron chi connectivity index (χ3n) is 5.49. The Balaban J connectivity index is 1.84. The molecule has 1 heterocycles. The standard InChI is InChI=1S/C23H29N3O4S/c1-15(2)22(23(28)24-20-10-6-5-8-16(20)3)25-31(29,30)19-11-12-21-18(14-19)9-7-13-26(21)17(4)27/h5-6,8,10-12,14-15,22,25H,7,9,13H2,1-4H3,(H,24,28). The third-order valence-corrected chi connectivity index (χ3v) is 6.93. The summed E-state index contributed by atoms with van der Waals surface area (Å²) in [7, 11) is -3.94. The molecule has 1 atom stereocenters. The summed E-state index contributed by atoms with van der Waals surface area (Å²) in [5.74, 6) is -0.736. The van der Waals surface area contributed by atoms with Gasteiger partial charge in [0.15, 0.2) is 0 Å². The molecule has 166 valence electrons. The fraction of sp³-hybridized carbons (Fsp3) is 0.391. The Bertz CT molecular complexity index is 1100. The number of anilines is 2. The van der Waals surface area contributed by atoms with Crippen LogP contribution >= 0.6 is 0 Å². The molecule has 8 heteroatoms. The van der Waals surface area contributed by atoms with Crippen LogP contribution in [0.3, 0.4) is 0 Å². The number of sulfonamides is 1. The summed E-state index contributed by atoms with van der Waals surface area (Å²) in [5, 5.41) is 2.82. The number of hydrogen-bond acceptors (Lipinski definition) is 4. The van der Waals surface area contributed by atoms with Crippen molar-refractivity contribution in [1.29, 1.82) is 0 Å². The number of nitrogens with zero attached hydrogens (tertiary/aromatic N) is 1. The van der Waals surface area contributed by atoms with Gasteiger partial charge in [-0.15, -0.1) is 0 Å². The molecular weight excluding hydrogens is 414 g/mol. The van der Waals surface area contributed by atoms with Crippen molar-refractivity contribution in [3.8, 4) is 0 Å². The maximum Gasteiger partial charge on any atom is 0.242 e. The number of amides is 2. The van der Waals surface area contributed by atoms with Crippen LogP contribution in [-0.4, -0.2) is 32.8 Å². The van der Waals surface area contributed by atoms with Gasteiger partial charge in [-0.25, -0.2) is 8.42 Å². The number of para-hydroxylation sites is 1. The third kappa shape index (κ3) is 5.14. The van der Waals surface area contributed by atoms with Gasteiger partial charge < -0.3 is 10.2 Å². The van der Waals surface area contributed by atoms with E-state index in [9.17, 15) is 18.0 Å². The second kappa shape index (κ2) is 9.20. The van der Waals surface area contributed by atoms with Crippen LogP contribution in [0.2, 0.25) is 0 Å². The fourth-order valence-electron chi connectivity index (χ4n) is 3.72. The van der Waals surface area contributed by atoms with E-state index in [1.165, 1.54) is 13.0 Å². The second-order valence-corrected chi connectivity index (χ2v) is 9.93. The van der Waals surface area contributed by atoms with Crippen molar-refractivity contribution >= 4 is 33.2 Å². The highest BCUT2D eigenvalue weighted by molar-refractivity contribution is 7.89. The fourth-order valence-corrected chi connectivity index (χ4v) is 5.11. The number of fused-ring (bicyclic) bond motifs is 1. The minimum atomic E-state index is -3.94.